The Hall–Kier alpha value is -3.00. The van der Waals surface area contributed by atoms with E-state index in [0.717, 1.165) is 17.2 Å². The molecular weight excluding hydrogens is 378 g/mol. The zero-order valence-electron chi connectivity index (χ0n) is 16.2. The molecule has 1 aromatic carbocycles. The summed E-state index contributed by atoms with van der Waals surface area (Å²) >= 11 is 0. The van der Waals surface area contributed by atoms with Gasteiger partial charge in [-0.3, -0.25) is 4.79 Å². The zero-order valence-corrected chi connectivity index (χ0v) is 17.0. The van der Waals surface area contributed by atoms with Crippen LogP contribution < -0.4 is 10.1 Å². The van der Waals surface area contributed by atoms with Gasteiger partial charge in [0.2, 0.25) is 5.88 Å². The van der Waals surface area contributed by atoms with Gasteiger partial charge in [0.25, 0.3) is 5.91 Å². The second-order valence-corrected chi connectivity index (χ2v) is 8.44. The van der Waals surface area contributed by atoms with Crippen molar-refractivity contribution < 1.29 is 17.9 Å². The first-order chi connectivity index (χ1) is 13.1. The molecule has 2 aromatic rings. The van der Waals surface area contributed by atoms with Crippen molar-refractivity contribution in [3.05, 3.63) is 65.0 Å². The lowest BCUT2D eigenvalue weighted by Gasteiger charge is -2.13. The van der Waals surface area contributed by atoms with Gasteiger partial charge in [0.05, 0.1) is 0 Å². The summed E-state index contributed by atoms with van der Waals surface area (Å²) in [6, 6.07) is 8.47. The van der Waals surface area contributed by atoms with Crippen molar-refractivity contribution in [1.29, 1.82) is 0 Å². The highest BCUT2D eigenvalue weighted by molar-refractivity contribution is 7.93. The molecule has 0 saturated carbocycles. The number of rotatable bonds is 7. The van der Waals surface area contributed by atoms with Crippen molar-refractivity contribution in [2.45, 2.75) is 26.8 Å². The molecule has 0 aliphatic carbocycles. The number of amides is 1. The molecule has 0 aliphatic heterocycles. The largest absolute Gasteiger partial charge is 0.438 e. The van der Waals surface area contributed by atoms with Crippen molar-refractivity contribution >= 4 is 21.8 Å². The van der Waals surface area contributed by atoms with Crippen molar-refractivity contribution in [3.8, 4) is 11.6 Å². The minimum Gasteiger partial charge on any atom is -0.438 e. The van der Waals surface area contributed by atoms with Gasteiger partial charge in [-0.1, -0.05) is 29.8 Å². The Labute approximate surface area is 165 Å². The molecule has 0 bridgehead atoms. The minimum atomic E-state index is -3.27. The molecule has 28 heavy (non-hydrogen) atoms. The number of nitrogens with one attached hydrogen (secondary N) is 1. The van der Waals surface area contributed by atoms with Gasteiger partial charge in [0, 0.05) is 23.9 Å². The number of carbonyl (C=O) groups excluding carboxylic acids is 1. The average Bonchev–Trinajstić information content (AvgIpc) is 2.60. The first kappa shape index (κ1) is 21.3. The van der Waals surface area contributed by atoms with E-state index in [1.165, 1.54) is 12.3 Å². The number of benzene rings is 1. The van der Waals surface area contributed by atoms with Gasteiger partial charge >= 0.3 is 0 Å². The Balaban J connectivity index is 2.32. The quantitative estimate of drug-likeness (QED) is 0.764. The van der Waals surface area contributed by atoms with Gasteiger partial charge in [-0.2, -0.15) is 4.98 Å². The molecule has 1 atom stereocenters. The van der Waals surface area contributed by atoms with Crippen LogP contribution in [0.3, 0.4) is 0 Å². The fourth-order valence-electron chi connectivity index (χ4n) is 2.13. The number of allylic oxidation sites excluding steroid dienone is 1. The van der Waals surface area contributed by atoms with Crippen LogP contribution >= 0.6 is 0 Å². The fraction of sp³-hybridized carbons (Fsp3) is 0.250. The average molecular weight is 401 g/mol. The van der Waals surface area contributed by atoms with Gasteiger partial charge in [-0.15, -0.1) is 0 Å². The van der Waals surface area contributed by atoms with Crippen molar-refractivity contribution in [1.82, 2.24) is 15.3 Å². The number of aromatic nitrogens is 2. The summed E-state index contributed by atoms with van der Waals surface area (Å²) in [6.07, 6.45) is 5.64. The van der Waals surface area contributed by atoms with Gasteiger partial charge in [-0.25, -0.2) is 13.4 Å². The van der Waals surface area contributed by atoms with Crippen LogP contribution in [0.5, 0.6) is 11.6 Å². The maximum atomic E-state index is 12.7. The van der Waals surface area contributed by atoms with E-state index in [9.17, 15) is 13.2 Å². The third kappa shape index (κ3) is 6.96. The fourth-order valence-corrected chi connectivity index (χ4v) is 2.65. The number of carbonyl (C=O) groups is 1. The van der Waals surface area contributed by atoms with E-state index in [0.29, 0.717) is 11.6 Å². The molecule has 1 heterocycles. The minimum absolute atomic E-state index is 0.116. The summed E-state index contributed by atoms with van der Waals surface area (Å²) in [5, 5.41) is 3.74. The predicted molar refractivity (Wildman–Crippen MR) is 109 cm³/mol. The monoisotopic (exact) mass is 401 g/mol. The van der Waals surface area contributed by atoms with Crippen LogP contribution in [0.2, 0.25) is 0 Å². The van der Waals surface area contributed by atoms with E-state index in [2.05, 4.69) is 15.3 Å². The Morgan fingerprint density at radius 3 is 2.50 bits per heavy atom. The Morgan fingerprint density at radius 1 is 1.21 bits per heavy atom. The van der Waals surface area contributed by atoms with Crippen molar-refractivity contribution in [2.24, 2.45) is 0 Å². The molecule has 0 fully saturated rings. The molecular formula is C20H23N3O4S. The molecule has 148 valence electrons. The highest BCUT2D eigenvalue weighted by atomic mass is 32.2. The van der Waals surface area contributed by atoms with E-state index < -0.39 is 21.8 Å². The van der Waals surface area contributed by atoms with Crippen LogP contribution in [-0.2, 0) is 9.84 Å². The smallest absolute Gasteiger partial charge is 0.258 e. The summed E-state index contributed by atoms with van der Waals surface area (Å²) in [6.45, 7) is 5.49. The number of hydrogen-bond acceptors (Lipinski definition) is 6. The van der Waals surface area contributed by atoms with Crippen LogP contribution in [0.25, 0.3) is 6.08 Å². The van der Waals surface area contributed by atoms with Crippen LogP contribution in [0.1, 0.15) is 37.0 Å². The van der Waals surface area contributed by atoms with E-state index in [4.69, 9.17) is 4.74 Å². The van der Waals surface area contributed by atoms with Crippen LogP contribution in [0, 0.1) is 0 Å². The highest BCUT2D eigenvalue weighted by Crippen LogP contribution is 2.23. The number of hydrogen-bond donors (Lipinski definition) is 1. The molecule has 0 aliphatic rings. The molecule has 0 spiro atoms. The van der Waals surface area contributed by atoms with Crippen LogP contribution in [0.4, 0.5) is 0 Å². The van der Waals surface area contributed by atoms with Gasteiger partial charge in [0.1, 0.15) is 11.3 Å². The van der Waals surface area contributed by atoms with E-state index in [1.54, 1.807) is 25.1 Å². The standard InChI is InChI=1S/C20H23N3O4S/c1-14(2)12-18-21-13-17(19(24)22-15(3)10-11-28(4,25)26)20(23-18)27-16-8-6-5-7-9-16/h5-13,15H,1-4H3,(H,22,24)/b11-10+. The first-order valence-electron chi connectivity index (χ1n) is 8.58. The normalized spacial score (nSPS) is 12.4. The molecule has 8 heteroatoms. The second-order valence-electron chi connectivity index (χ2n) is 6.50. The molecule has 7 nitrogen and oxygen atoms in total. The second kappa shape index (κ2) is 9.27. The van der Waals surface area contributed by atoms with Crippen LogP contribution in [0.15, 0.2) is 53.6 Å². The lowest BCUT2D eigenvalue weighted by atomic mass is 10.2. The van der Waals surface area contributed by atoms with Crippen molar-refractivity contribution in [2.75, 3.05) is 6.26 Å². The lowest BCUT2D eigenvalue weighted by Crippen LogP contribution is -2.31. The third-order valence-electron chi connectivity index (χ3n) is 3.37. The molecule has 0 saturated heterocycles. The molecule has 1 unspecified atom stereocenters. The number of nitrogens with zero attached hydrogens (tertiary/aromatic N) is 2. The summed E-state index contributed by atoms with van der Waals surface area (Å²) in [5.74, 6) is 0.599. The van der Waals surface area contributed by atoms with Crippen LogP contribution in [-0.4, -0.2) is 36.6 Å². The lowest BCUT2D eigenvalue weighted by molar-refractivity contribution is 0.0943. The SMILES string of the molecule is CC(C)=Cc1ncc(C(=O)NC(C)/C=C/S(C)(=O)=O)c(Oc2ccccc2)n1. The maximum Gasteiger partial charge on any atom is 0.258 e. The third-order valence-corrected chi connectivity index (χ3v) is 4.02. The van der Waals surface area contributed by atoms with Gasteiger partial charge in [0.15, 0.2) is 15.7 Å². The number of sulfone groups is 1. The molecule has 0 radical (unpaired) electrons. The summed E-state index contributed by atoms with van der Waals surface area (Å²) < 4.78 is 28.3. The van der Waals surface area contributed by atoms with Crippen molar-refractivity contribution in [3.63, 3.8) is 0 Å². The Bertz CT molecular complexity index is 995. The maximum absolute atomic E-state index is 12.7. The predicted octanol–water partition coefficient (Wildman–Crippen LogP) is 3.37. The number of ether oxygens (including phenoxy) is 1. The molecule has 2 rings (SSSR count). The first-order valence-corrected chi connectivity index (χ1v) is 10.5. The highest BCUT2D eigenvalue weighted by Gasteiger charge is 2.18. The summed E-state index contributed by atoms with van der Waals surface area (Å²) in [7, 11) is -3.27. The topological polar surface area (TPSA) is 98.2 Å². The summed E-state index contributed by atoms with van der Waals surface area (Å²) in [5.41, 5.74) is 1.15. The molecule has 1 N–H and O–H groups in total. The summed E-state index contributed by atoms with van der Waals surface area (Å²) in [4.78, 5) is 21.2. The van der Waals surface area contributed by atoms with E-state index >= 15 is 0 Å². The van der Waals surface area contributed by atoms with E-state index in [1.807, 2.05) is 32.0 Å². The Morgan fingerprint density at radius 2 is 1.89 bits per heavy atom. The number of para-hydroxylation sites is 1. The Kier molecular flexibility index (Phi) is 7.06. The molecule has 1 amide bonds. The molecule has 1 aromatic heterocycles. The van der Waals surface area contributed by atoms with E-state index in [-0.39, 0.29) is 11.4 Å². The van der Waals surface area contributed by atoms with Gasteiger partial charge < -0.3 is 10.1 Å². The zero-order chi connectivity index (χ0) is 20.7. The van der Waals surface area contributed by atoms with Gasteiger partial charge in [-0.05, 0) is 39.0 Å².